The number of carbonyl (C=O) groups excluding carboxylic acids is 1. The van der Waals surface area contributed by atoms with Crippen molar-refractivity contribution in [1.82, 2.24) is 0 Å². The third kappa shape index (κ3) is 5.21. The highest BCUT2D eigenvalue weighted by Crippen LogP contribution is 2.14. The van der Waals surface area contributed by atoms with Crippen LogP contribution < -0.4 is 17.2 Å². The third-order valence-electron chi connectivity index (χ3n) is 2.56. The van der Waals surface area contributed by atoms with E-state index in [1.165, 1.54) is 0 Å². The summed E-state index contributed by atoms with van der Waals surface area (Å²) in [5, 5.41) is 17.3. The van der Waals surface area contributed by atoms with Crippen molar-refractivity contribution in [3.05, 3.63) is 0 Å². The first kappa shape index (κ1) is 16.5. The Morgan fingerprint density at radius 3 is 2.06 bits per heavy atom. The van der Waals surface area contributed by atoms with Crippen LogP contribution in [-0.2, 0) is 14.4 Å². The number of carbonyl (C=O) groups is 3. The first-order valence-electron chi connectivity index (χ1n) is 5.50. The highest BCUT2D eigenvalue weighted by atomic mass is 16.4. The van der Waals surface area contributed by atoms with Crippen LogP contribution in [0.25, 0.3) is 0 Å². The first-order valence-corrected chi connectivity index (χ1v) is 5.50. The smallest absolute Gasteiger partial charge is 0.321 e. The molecule has 0 aliphatic rings. The Morgan fingerprint density at radius 1 is 1.11 bits per heavy atom. The van der Waals surface area contributed by atoms with Gasteiger partial charge in [-0.3, -0.25) is 14.4 Å². The molecule has 0 heterocycles. The number of hydrogen-bond donors (Lipinski definition) is 5. The molecule has 0 radical (unpaired) electrons. The lowest BCUT2D eigenvalue weighted by Gasteiger charge is -2.22. The molecular formula is C10H19N3O5. The molecule has 0 amide bonds. The standard InChI is InChI=1S/C10H19N3O5/c11-3-1-2-5(8(13)10(17)18)9(16)6(12)4-7(14)15/h5-6,8H,1-4,11-13H2,(H,14,15)(H,17,18). The predicted octanol–water partition coefficient (Wildman–Crippen LogP) is -1.88. The summed E-state index contributed by atoms with van der Waals surface area (Å²) < 4.78 is 0. The molecule has 8 heteroatoms. The zero-order valence-corrected chi connectivity index (χ0v) is 9.91. The van der Waals surface area contributed by atoms with Crippen molar-refractivity contribution < 1.29 is 24.6 Å². The highest BCUT2D eigenvalue weighted by molar-refractivity contribution is 5.93. The van der Waals surface area contributed by atoms with Crippen molar-refractivity contribution in [2.45, 2.75) is 31.3 Å². The molecule has 0 bridgehead atoms. The van der Waals surface area contributed by atoms with Gasteiger partial charge in [0.25, 0.3) is 0 Å². The van der Waals surface area contributed by atoms with E-state index in [0.717, 1.165) is 0 Å². The van der Waals surface area contributed by atoms with Gasteiger partial charge in [0.05, 0.1) is 12.5 Å². The molecule has 18 heavy (non-hydrogen) atoms. The number of carboxylic acid groups (broad SMARTS) is 2. The van der Waals surface area contributed by atoms with E-state index in [-0.39, 0.29) is 13.0 Å². The average Bonchev–Trinajstić information content (AvgIpc) is 2.27. The molecule has 0 rings (SSSR count). The van der Waals surface area contributed by atoms with Gasteiger partial charge in [-0.05, 0) is 19.4 Å². The Bertz CT molecular complexity index is 321. The second-order valence-corrected chi connectivity index (χ2v) is 4.01. The molecule has 8 nitrogen and oxygen atoms in total. The molecule has 104 valence electrons. The number of aliphatic carboxylic acids is 2. The largest absolute Gasteiger partial charge is 0.481 e. The van der Waals surface area contributed by atoms with E-state index in [1.54, 1.807) is 0 Å². The molecule has 0 spiro atoms. The van der Waals surface area contributed by atoms with Crippen LogP contribution in [0.15, 0.2) is 0 Å². The van der Waals surface area contributed by atoms with E-state index >= 15 is 0 Å². The minimum atomic E-state index is -1.40. The van der Waals surface area contributed by atoms with Gasteiger partial charge in [-0.15, -0.1) is 0 Å². The molecule has 0 saturated carbocycles. The molecule has 0 aromatic heterocycles. The van der Waals surface area contributed by atoms with Crippen molar-refractivity contribution >= 4 is 17.7 Å². The lowest BCUT2D eigenvalue weighted by molar-refractivity contribution is -0.143. The van der Waals surface area contributed by atoms with Gasteiger partial charge in [0.1, 0.15) is 6.04 Å². The van der Waals surface area contributed by atoms with Crippen molar-refractivity contribution in [2.75, 3.05) is 6.54 Å². The summed E-state index contributed by atoms with van der Waals surface area (Å²) in [6.07, 6.45) is 0.0393. The first-order chi connectivity index (χ1) is 8.31. The van der Waals surface area contributed by atoms with E-state index < -0.39 is 42.1 Å². The Labute approximate surface area is 104 Å². The zero-order chi connectivity index (χ0) is 14.3. The Hall–Kier alpha value is -1.51. The van der Waals surface area contributed by atoms with Crippen molar-refractivity contribution in [3.8, 4) is 0 Å². The van der Waals surface area contributed by atoms with Crippen LogP contribution in [0.5, 0.6) is 0 Å². The summed E-state index contributed by atoms with van der Waals surface area (Å²) in [4.78, 5) is 33.1. The second-order valence-electron chi connectivity index (χ2n) is 4.01. The molecule has 3 atom stereocenters. The fourth-order valence-electron chi connectivity index (χ4n) is 1.57. The number of ketones is 1. The van der Waals surface area contributed by atoms with Gasteiger partial charge in [-0.1, -0.05) is 0 Å². The second kappa shape index (κ2) is 7.75. The van der Waals surface area contributed by atoms with Gasteiger partial charge in [-0.2, -0.15) is 0 Å². The van der Waals surface area contributed by atoms with Gasteiger partial charge in [-0.25, -0.2) is 0 Å². The number of Topliss-reactive ketones (excluding diaryl/α,β-unsaturated/α-hetero) is 1. The Morgan fingerprint density at radius 2 is 1.67 bits per heavy atom. The summed E-state index contributed by atoms with van der Waals surface area (Å²) in [6, 6.07) is -2.65. The summed E-state index contributed by atoms with van der Waals surface area (Å²) >= 11 is 0. The van der Waals surface area contributed by atoms with Crippen LogP contribution in [0.4, 0.5) is 0 Å². The molecule has 0 aromatic rings. The lowest BCUT2D eigenvalue weighted by atomic mass is 9.86. The van der Waals surface area contributed by atoms with Crippen LogP contribution in [0, 0.1) is 5.92 Å². The third-order valence-corrected chi connectivity index (χ3v) is 2.56. The maximum absolute atomic E-state index is 11.9. The molecule has 0 saturated heterocycles. The summed E-state index contributed by atoms with van der Waals surface area (Å²) in [5.74, 6) is -4.22. The zero-order valence-electron chi connectivity index (χ0n) is 9.91. The minimum Gasteiger partial charge on any atom is -0.481 e. The topological polar surface area (TPSA) is 170 Å². The monoisotopic (exact) mass is 261 g/mol. The molecule has 3 unspecified atom stereocenters. The average molecular weight is 261 g/mol. The van der Waals surface area contributed by atoms with Crippen LogP contribution in [-0.4, -0.2) is 46.6 Å². The van der Waals surface area contributed by atoms with Gasteiger partial charge < -0.3 is 27.4 Å². The fraction of sp³-hybridized carbons (Fsp3) is 0.700. The summed E-state index contributed by atoms with van der Waals surface area (Å²) in [6.45, 7) is 0.282. The molecule has 8 N–H and O–H groups in total. The fourth-order valence-corrected chi connectivity index (χ4v) is 1.57. The van der Waals surface area contributed by atoms with E-state index in [0.29, 0.717) is 6.42 Å². The normalized spacial score (nSPS) is 15.7. The van der Waals surface area contributed by atoms with Gasteiger partial charge in [0.2, 0.25) is 0 Å². The number of rotatable bonds is 9. The molecule has 0 aromatic carbocycles. The maximum atomic E-state index is 11.9. The number of carboxylic acids is 2. The van der Waals surface area contributed by atoms with Gasteiger partial charge >= 0.3 is 11.9 Å². The van der Waals surface area contributed by atoms with Crippen LogP contribution in [0.1, 0.15) is 19.3 Å². The Balaban J connectivity index is 4.77. The van der Waals surface area contributed by atoms with E-state index in [4.69, 9.17) is 27.4 Å². The number of hydrogen-bond acceptors (Lipinski definition) is 6. The van der Waals surface area contributed by atoms with Crippen molar-refractivity contribution in [2.24, 2.45) is 23.1 Å². The maximum Gasteiger partial charge on any atom is 0.321 e. The summed E-state index contributed by atoms with van der Waals surface area (Å²) in [5.41, 5.74) is 16.1. The van der Waals surface area contributed by atoms with Crippen molar-refractivity contribution in [1.29, 1.82) is 0 Å². The van der Waals surface area contributed by atoms with Crippen LogP contribution in [0.2, 0.25) is 0 Å². The molecule has 0 aliphatic carbocycles. The quantitative estimate of drug-likeness (QED) is 0.321. The van der Waals surface area contributed by atoms with Gasteiger partial charge in [0.15, 0.2) is 5.78 Å². The van der Waals surface area contributed by atoms with E-state index in [9.17, 15) is 14.4 Å². The minimum absolute atomic E-state index is 0.177. The summed E-state index contributed by atoms with van der Waals surface area (Å²) in [7, 11) is 0. The number of nitrogens with two attached hydrogens (primary N) is 3. The predicted molar refractivity (Wildman–Crippen MR) is 62.6 cm³/mol. The van der Waals surface area contributed by atoms with Crippen LogP contribution >= 0.6 is 0 Å². The Kier molecular flexibility index (Phi) is 7.10. The van der Waals surface area contributed by atoms with E-state index in [2.05, 4.69) is 0 Å². The SMILES string of the molecule is NCCCC(C(=O)C(N)CC(=O)O)C(N)C(=O)O. The molecular weight excluding hydrogens is 242 g/mol. The highest BCUT2D eigenvalue weighted by Gasteiger charge is 2.33. The van der Waals surface area contributed by atoms with E-state index in [1.807, 2.05) is 0 Å². The van der Waals surface area contributed by atoms with Crippen molar-refractivity contribution in [3.63, 3.8) is 0 Å². The van der Waals surface area contributed by atoms with Gasteiger partial charge in [0, 0.05) is 5.92 Å². The lowest BCUT2D eigenvalue weighted by Crippen LogP contribution is -2.48. The molecule has 0 fully saturated rings. The van der Waals surface area contributed by atoms with Crippen LogP contribution in [0.3, 0.4) is 0 Å². The molecule has 0 aliphatic heterocycles.